The number of imide groups is 1. The molecule has 0 bridgehead atoms. The number of nitrogens with one attached hydrogen (secondary N) is 2. The van der Waals surface area contributed by atoms with Crippen LogP contribution in [0.4, 0.5) is 42.3 Å². The van der Waals surface area contributed by atoms with E-state index in [-0.39, 0.29) is 30.7 Å². The lowest BCUT2D eigenvalue weighted by Gasteiger charge is -2.49. The number of aromatic nitrogens is 3. The summed E-state index contributed by atoms with van der Waals surface area (Å²) in [6.45, 7) is 12.9. The first-order chi connectivity index (χ1) is 30.7. The molecule has 0 aliphatic carbocycles. The predicted molar refractivity (Wildman–Crippen MR) is 234 cm³/mol. The molecule has 2 aromatic carbocycles. The van der Waals surface area contributed by atoms with Crippen molar-refractivity contribution in [3.63, 3.8) is 0 Å². The number of hydrogen-bond acceptors (Lipinski definition) is 13. The monoisotopic (exact) mass is 878 g/mol. The molecule has 4 aromatic rings. The van der Waals surface area contributed by atoms with Crippen LogP contribution in [0.25, 0.3) is 0 Å². The highest BCUT2D eigenvalue weighted by Crippen LogP contribution is 2.40. The summed E-state index contributed by atoms with van der Waals surface area (Å²) in [5, 5.41) is 5.46. The average Bonchev–Trinajstić information content (AvgIpc) is 3.24. The van der Waals surface area contributed by atoms with E-state index in [1.54, 1.807) is 46.5 Å². The highest BCUT2D eigenvalue weighted by atomic mass is 19.1. The first-order valence-corrected chi connectivity index (χ1v) is 21.9. The fraction of sp³-hybridized carbons (Fsp3) is 0.457. The van der Waals surface area contributed by atoms with Crippen LogP contribution in [0.1, 0.15) is 67.5 Å². The van der Waals surface area contributed by atoms with Crippen LogP contribution < -0.4 is 30.1 Å². The number of ether oxygens (including phenoxy) is 2. The first-order valence-electron chi connectivity index (χ1n) is 21.9. The van der Waals surface area contributed by atoms with Gasteiger partial charge < -0.3 is 29.5 Å². The lowest BCUT2D eigenvalue weighted by molar-refractivity contribution is -0.134. The molecule has 7 heterocycles. The topological polar surface area (TPSA) is 166 Å². The predicted octanol–water partition coefficient (Wildman–Crippen LogP) is 4.99. The second-order valence-electron chi connectivity index (χ2n) is 18.0. The van der Waals surface area contributed by atoms with E-state index in [1.807, 2.05) is 32.6 Å². The number of rotatable bonds is 8. The summed E-state index contributed by atoms with van der Waals surface area (Å²) in [4.78, 5) is 74.0. The molecular weight excluding hydrogens is 827 g/mol. The molecule has 2 aromatic heterocycles. The zero-order chi connectivity index (χ0) is 44.9. The zero-order valence-electron chi connectivity index (χ0n) is 36.5. The summed E-state index contributed by atoms with van der Waals surface area (Å²) in [6, 6.07) is 9.76. The lowest BCUT2D eigenvalue weighted by Crippen LogP contribution is -2.63. The molecule has 16 nitrogen and oxygen atoms in total. The molecule has 3 saturated heterocycles. The number of fused-ring (bicyclic) bond motifs is 2. The van der Waals surface area contributed by atoms with E-state index < -0.39 is 35.2 Å². The van der Waals surface area contributed by atoms with Crippen LogP contribution in [-0.2, 0) is 38.5 Å². The minimum Gasteiger partial charge on any atom is -0.474 e. The number of hydrogen-bond donors (Lipinski definition) is 2. The minimum absolute atomic E-state index is 0.0682. The fourth-order valence-electron chi connectivity index (χ4n) is 9.12. The van der Waals surface area contributed by atoms with Gasteiger partial charge >= 0.3 is 6.09 Å². The van der Waals surface area contributed by atoms with Crippen molar-refractivity contribution in [1.29, 1.82) is 0 Å². The summed E-state index contributed by atoms with van der Waals surface area (Å²) >= 11 is 0. The van der Waals surface area contributed by atoms with E-state index in [0.29, 0.717) is 118 Å². The molecule has 9 rings (SSSR count). The number of pyridine rings is 1. The fourth-order valence-corrected chi connectivity index (χ4v) is 9.12. The van der Waals surface area contributed by atoms with Crippen molar-refractivity contribution < 1.29 is 37.4 Å². The molecular formula is C46H52F2N10O6. The third-order valence-corrected chi connectivity index (χ3v) is 12.6. The minimum atomic E-state index is -0.657. The molecule has 18 heteroatoms. The van der Waals surface area contributed by atoms with Crippen molar-refractivity contribution in [3.8, 4) is 5.88 Å². The number of carbonyl (C=O) groups excluding carboxylic acids is 4. The van der Waals surface area contributed by atoms with Crippen LogP contribution in [0.2, 0.25) is 0 Å². The number of piperidine rings is 1. The average molecular weight is 879 g/mol. The Balaban J connectivity index is 0.765. The summed E-state index contributed by atoms with van der Waals surface area (Å²) in [7, 11) is 0. The number of halogens is 2. The Morgan fingerprint density at radius 2 is 1.72 bits per heavy atom. The third-order valence-electron chi connectivity index (χ3n) is 12.6. The summed E-state index contributed by atoms with van der Waals surface area (Å²) < 4.78 is 42.2. The van der Waals surface area contributed by atoms with Gasteiger partial charge in [0.25, 0.3) is 0 Å². The van der Waals surface area contributed by atoms with Crippen LogP contribution in [0.5, 0.6) is 5.88 Å². The van der Waals surface area contributed by atoms with Gasteiger partial charge in [0.15, 0.2) is 0 Å². The van der Waals surface area contributed by atoms with Crippen LogP contribution >= 0.6 is 0 Å². The molecule has 0 saturated carbocycles. The summed E-state index contributed by atoms with van der Waals surface area (Å²) in [6.07, 6.45) is 4.32. The number of piperazine rings is 1. The first kappa shape index (κ1) is 42.9. The molecule has 1 atom stereocenters. The maximum atomic E-state index is 15.5. The molecule has 4 amide bonds. The van der Waals surface area contributed by atoms with Crippen molar-refractivity contribution in [2.75, 3.05) is 79.0 Å². The molecule has 3 fully saturated rings. The summed E-state index contributed by atoms with van der Waals surface area (Å²) in [5.74, 6) is -1.58. The van der Waals surface area contributed by atoms with E-state index in [2.05, 4.69) is 30.4 Å². The molecule has 2 N–H and O–H groups in total. The van der Waals surface area contributed by atoms with Gasteiger partial charge in [0, 0.05) is 75.7 Å². The van der Waals surface area contributed by atoms with Crippen molar-refractivity contribution in [1.82, 2.24) is 30.1 Å². The smallest absolute Gasteiger partial charge is 0.415 e. The van der Waals surface area contributed by atoms with E-state index >= 15 is 8.78 Å². The van der Waals surface area contributed by atoms with Gasteiger partial charge in [-0.25, -0.2) is 28.5 Å². The second-order valence-corrected chi connectivity index (χ2v) is 18.0. The highest BCUT2D eigenvalue weighted by molar-refractivity contribution is 6.01. The normalized spacial score (nSPS) is 19.3. The van der Waals surface area contributed by atoms with Crippen LogP contribution in [0, 0.1) is 18.6 Å². The SMILES string of the molecule is Cc1c(N2CCc3cnc(Nc4ccc(CC(=O)N5CCN(C6CN(c7ccc(C8CCC(=O)NC8=O)cc7F)C6)CC5)c(F)c4)nc3C2)cnc2c1N(C(=O)OC(C)(C)C)CCO2. The maximum Gasteiger partial charge on any atom is 0.415 e. The number of carbonyl (C=O) groups is 4. The molecule has 0 radical (unpaired) electrons. The summed E-state index contributed by atoms with van der Waals surface area (Å²) in [5.41, 5.74) is 5.24. The van der Waals surface area contributed by atoms with Gasteiger partial charge in [-0.05, 0) is 81.5 Å². The van der Waals surface area contributed by atoms with Gasteiger partial charge in [-0.15, -0.1) is 0 Å². The second kappa shape index (κ2) is 17.3. The van der Waals surface area contributed by atoms with Crippen molar-refractivity contribution in [2.24, 2.45) is 0 Å². The van der Waals surface area contributed by atoms with Crippen molar-refractivity contribution in [3.05, 3.63) is 88.4 Å². The van der Waals surface area contributed by atoms with E-state index in [0.717, 1.165) is 22.5 Å². The Hall–Kier alpha value is -6.43. The van der Waals surface area contributed by atoms with Crippen molar-refractivity contribution >= 4 is 52.5 Å². The van der Waals surface area contributed by atoms with Crippen LogP contribution in [-0.4, -0.2) is 119 Å². The Bertz CT molecular complexity index is 2500. The molecule has 64 heavy (non-hydrogen) atoms. The highest BCUT2D eigenvalue weighted by Gasteiger charge is 2.37. The number of benzene rings is 2. The van der Waals surface area contributed by atoms with E-state index in [1.165, 1.54) is 12.1 Å². The number of amides is 4. The Kier molecular flexibility index (Phi) is 11.6. The Morgan fingerprint density at radius 1 is 0.922 bits per heavy atom. The number of anilines is 5. The van der Waals surface area contributed by atoms with Crippen molar-refractivity contribution in [2.45, 2.75) is 77.5 Å². The molecule has 0 spiro atoms. The Labute approximate surface area is 369 Å². The third kappa shape index (κ3) is 8.87. The molecule has 5 aliphatic rings. The van der Waals surface area contributed by atoms with E-state index in [9.17, 15) is 19.2 Å². The standard InChI is InChI=1S/C46H52F2N10O6/c1-27-38(23-49-43-41(27)58(17-18-63-43)45(62)64-46(2,3)4)56-12-11-30-22-50-44(52-36(30)26-56)51-31-7-5-29(34(47)21-31)20-40(60)55-15-13-54(14-16-55)32-24-57(25-32)37-9-6-28(19-35(37)48)33-8-10-39(59)53-42(33)61/h5-7,9,19,21-23,32-33H,8,10-18,20,24-26H2,1-4H3,(H,50,51,52)(H,53,59,61). The van der Waals surface area contributed by atoms with Gasteiger partial charge in [0.2, 0.25) is 29.5 Å². The number of nitrogens with zero attached hydrogens (tertiary/aromatic N) is 8. The van der Waals surface area contributed by atoms with Gasteiger partial charge in [-0.2, -0.15) is 0 Å². The lowest BCUT2D eigenvalue weighted by atomic mass is 9.90. The molecule has 1 unspecified atom stereocenters. The van der Waals surface area contributed by atoms with Gasteiger partial charge in [0.1, 0.15) is 29.5 Å². The molecule has 5 aliphatic heterocycles. The quantitative estimate of drug-likeness (QED) is 0.228. The van der Waals surface area contributed by atoms with Crippen LogP contribution in [0.15, 0.2) is 48.8 Å². The van der Waals surface area contributed by atoms with Crippen LogP contribution in [0.3, 0.4) is 0 Å². The Morgan fingerprint density at radius 3 is 2.45 bits per heavy atom. The maximum absolute atomic E-state index is 15.5. The van der Waals surface area contributed by atoms with Gasteiger partial charge in [0.05, 0.1) is 48.7 Å². The largest absolute Gasteiger partial charge is 0.474 e. The van der Waals surface area contributed by atoms with E-state index in [4.69, 9.17) is 14.5 Å². The zero-order valence-corrected chi connectivity index (χ0v) is 36.5. The van der Waals surface area contributed by atoms with Gasteiger partial charge in [-0.3, -0.25) is 29.5 Å². The molecule has 336 valence electrons. The van der Waals surface area contributed by atoms with Gasteiger partial charge in [-0.1, -0.05) is 12.1 Å².